The van der Waals surface area contributed by atoms with Crippen molar-refractivity contribution in [3.05, 3.63) is 53.1 Å². The molecular formula is C20H19Cl2F6O3PRu. The summed E-state index contributed by atoms with van der Waals surface area (Å²) in [7, 11) is 7.52. The summed E-state index contributed by atoms with van der Waals surface area (Å²) in [5.41, 5.74) is -2.87. The SMILES string of the molecule is CCOP(=O)(c1cc(C(F)(F)F)cc(C(F)(F)F)c1)c1ccc(OC(C)C)c([CH]=[Ru]([Cl])[Cl])c1. The van der Waals surface area contributed by atoms with E-state index in [1.165, 1.54) is 29.7 Å². The van der Waals surface area contributed by atoms with Crippen LogP contribution in [0.1, 0.15) is 37.5 Å². The monoisotopic (exact) mass is 624 g/mol. The number of ether oxygens (including phenoxy) is 1. The van der Waals surface area contributed by atoms with Crippen LogP contribution >= 0.6 is 26.8 Å². The molecule has 0 bridgehead atoms. The van der Waals surface area contributed by atoms with Gasteiger partial charge in [0.15, 0.2) is 0 Å². The second-order valence-electron chi connectivity index (χ2n) is 6.93. The molecule has 0 aliphatic carbocycles. The van der Waals surface area contributed by atoms with Crippen molar-refractivity contribution >= 4 is 42.0 Å². The van der Waals surface area contributed by atoms with Crippen LogP contribution in [-0.2, 0) is 35.0 Å². The van der Waals surface area contributed by atoms with Gasteiger partial charge >= 0.3 is 200 Å². The fourth-order valence-corrected chi connectivity index (χ4v) is 6.77. The van der Waals surface area contributed by atoms with E-state index in [9.17, 15) is 30.9 Å². The standard InChI is InChI=1S/C20H19F6O3P.2ClH.Ru/c1-5-28-30(27,16-6-7-18(13(4)8-16)29-12(2)3)17-10-14(19(21,22)23)9-15(11-17)20(24,25)26;;;/h4,6-12H,5H2,1-3H3;2*1H;/q;;;+2/p-2. The molecule has 0 N–H and O–H groups in total. The molecule has 1 atom stereocenters. The van der Waals surface area contributed by atoms with Gasteiger partial charge < -0.3 is 0 Å². The fraction of sp³-hybridized carbons (Fsp3) is 0.350. The molecular weight excluding hydrogens is 605 g/mol. The third kappa shape index (κ3) is 7.28. The summed E-state index contributed by atoms with van der Waals surface area (Å²) in [6, 6.07) is 4.77. The van der Waals surface area contributed by atoms with Crippen LogP contribution in [0.2, 0.25) is 0 Å². The Morgan fingerprint density at radius 2 is 1.52 bits per heavy atom. The van der Waals surface area contributed by atoms with Gasteiger partial charge in [-0.15, -0.1) is 0 Å². The van der Waals surface area contributed by atoms with Gasteiger partial charge in [0.25, 0.3) is 0 Å². The molecule has 3 nitrogen and oxygen atoms in total. The minimum absolute atomic E-state index is 0.0318. The van der Waals surface area contributed by atoms with Gasteiger partial charge in [-0.25, -0.2) is 0 Å². The molecule has 0 fully saturated rings. The average Bonchev–Trinajstić information content (AvgIpc) is 2.67. The maximum atomic E-state index is 13.9. The van der Waals surface area contributed by atoms with Crippen molar-refractivity contribution in [3.63, 3.8) is 0 Å². The molecule has 0 saturated carbocycles. The third-order valence-electron chi connectivity index (χ3n) is 4.11. The van der Waals surface area contributed by atoms with E-state index < -0.39 is 49.7 Å². The summed E-state index contributed by atoms with van der Waals surface area (Å²) in [6.07, 6.45) is -10.5. The van der Waals surface area contributed by atoms with Gasteiger partial charge in [-0.3, -0.25) is 0 Å². The third-order valence-corrected chi connectivity index (χ3v) is 8.46. The number of hydrogen-bond donors (Lipinski definition) is 0. The van der Waals surface area contributed by atoms with Gasteiger partial charge in [-0.1, -0.05) is 0 Å². The van der Waals surface area contributed by atoms with E-state index in [-0.39, 0.29) is 24.1 Å². The van der Waals surface area contributed by atoms with Crippen LogP contribution in [0, 0.1) is 0 Å². The molecule has 0 aromatic heterocycles. The quantitative estimate of drug-likeness (QED) is 0.192. The summed E-state index contributed by atoms with van der Waals surface area (Å²) in [5.74, 6) is 0.317. The van der Waals surface area contributed by atoms with Crippen LogP contribution in [0.5, 0.6) is 5.75 Å². The normalized spacial score (nSPS) is 14.7. The second-order valence-corrected chi connectivity index (χ2v) is 15.0. The predicted molar refractivity (Wildman–Crippen MR) is 114 cm³/mol. The Morgan fingerprint density at radius 3 is 1.94 bits per heavy atom. The first-order chi connectivity index (χ1) is 15.1. The van der Waals surface area contributed by atoms with Gasteiger partial charge in [0.05, 0.1) is 0 Å². The Labute approximate surface area is 199 Å². The number of hydrogen-bond acceptors (Lipinski definition) is 3. The Balaban J connectivity index is 2.82. The summed E-state index contributed by atoms with van der Waals surface area (Å²) < 4.78 is 106. The van der Waals surface area contributed by atoms with Crippen molar-refractivity contribution in [2.24, 2.45) is 0 Å². The zero-order valence-electron chi connectivity index (χ0n) is 17.4. The second kappa shape index (κ2) is 10.8. The van der Waals surface area contributed by atoms with Crippen LogP contribution in [0.3, 0.4) is 0 Å². The van der Waals surface area contributed by atoms with Crippen LogP contribution in [0.25, 0.3) is 0 Å². The Bertz CT molecular complexity index is 1050. The van der Waals surface area contributed by atoms with Crippen LogP contribution < -0.4 is 15.3 Å². The van der Waals surface area contributed by atoms with E-state index in [2.05, 4.69) is 0 Å². The summed E-state index contributed by atoms with van der Waals surface area (Å²) in [4.78, 5) is 0. The first kappa shape index (κ1) is 28.3. The summed E-state index contributed by atoms with van der Waals surface area (Å²) >= 11 is -2.43. The van der Waals surface area contributed by atoms with Crippen LogP contribution in [-0.4, -0.2) is 17.3 Å². The molecule has 2 aromatic rings. The molecule has 2 rings (SSSR count). The van der Waals surface area contributed by atoms with E-state index in [0.717, 1.165) is 0 Å². The average molecular weight is 624 g/mol. The van der Waals surface area contributed by atoms with Crippen LogP contribution in [0.4, 0.5) is 26.3 Å². The molecule has 0 aliphatic rings. The molecule has 0 spiro atoms. The van der Waals surface area contributed by atoms with E-state index in [1.54, 1.807) is 13.8 Å². The van der Waals surface area contributed by atoms with Crippen molar-refractivity contribution in [1.29, 1.82) is 0 Å². The molecule has 0 saturated heterocycles. The number of rotatable bonds is 7. The van der Waals surface area contributed by atoms with E-state index in [4.69, 9.17) is 28.6 Å². The molecule has 0 amide bonds. The van der Waals surface area contributed by atoms with Gasteiger partial charge in [0.1, 0.15) is 0 Å². The zero-order chi connectivity index (χ0) is 25.2. The number of alkyl halides is 6. The first-order valence-corrected chi connectivity index (χ1v) is 16.4. The molecule has 0 aliphatic heterocycles. The summed E-state index contributed by atoms with van der Waals surface area (Å²) in [6.45, 7) is 4.69. The van der Waals surface area contributed by atoms with E-state index in [1.807, 2.05) is 0 Å². The van der Waals surface area contributed by atoms with Gasteiger partial charge in [-0.2, -0.15) is 0 Å². The molecule has 13 heteroatoms. The van der Waals surface area contributed by atoms with Crippen molar-refractivity contribution < 1.29 is 53.7 Å². The zero-order valence-corrected chi connectivity index (χ0v) is 21.5. The maximum absolute atomic E-state index is 13.9. The first-order valence-electron chi connectivity index (χ1n) is 9.27. The van der Waals surface area contributed by atoms with Gasteiger partial charge in [0.2, 0.25) is 0 Å². The molecule has 0 heterocycles. The topological polar surface area (TPSA) is 35.5 Å². The fourth-order valence-electron chi connectivity index (χ4n) is 2.83. The van der Waals surface area contributed by atoms with E-state index in [0.29, 0.717) is 23.4 Å². The van der Waals surface area contributed by atoms with Crippen molar-refractivity contribution in [2.45, 2.75) is 39.2 Å². The van der Waals surface area contributed by atoms with Crippen molar-refractivity contribution in [3.8, 4) is 5.75 Å². The van der Waals surface area contributed by atoms with Gasteiger partial charge in [0, 0.05) is 0 Å². The predicted octanol–water partition coefficient (Wildman–Crippen LogP) is 6.85. The molecule has 2 aromatic carbocycles. The Morgan fingerprint density at radius 1 is 0.970 bits per heavy atom. The Kier molecular flexibility index (Phi) is 9.25. The van der Waals surface area contributed by atoms with Crippen molar-refractivity contribution in [1.82, 2.24) is 0 Å². The minimum atomic E-state index is -5.10. The molecule has 33 heavy (non-hydrogen) atoms. The van der Waals surface area contributed by atoms with Gasteiger partial charge in [-0.05, 0) is 0 Å². The Hall–Kier alpha value is -0.917. The van der Waals surface area contributed by atoms with Crippen LogP contribution in [0.15, 0.2) is 36.4 Å². The summed E-state index contributed by atoms with van der Waals surface area (Å²) in [5, 5.41) is -0.858. The van der Waals surface area contributed by atoms with Crippen molar-refractivity contribution in [2.75, 3.05) is 6.61 Å². The van der Waals surface area contributed by atoms with E-state index >= 15 is 0 Å². The molecule has 186 valence electrons. The molecule has 0 radical (unpaired) electrons. The number of benzene rings is 2. The number of halogens is 8. The molecule has 1 unspecified atom stereocenters.